The van der Waals surface area contributed by atoms with Crippen LogP contribution in [-0.4, -0.2) is 23.0 Å². The van der Waals surface area contributed by atoms with Crippen LogP contribution in [0.25, 0.3) is 6.08 Å². The first-order valence-corrected chi connectivity index (χ1v) is 14.7. The summed E-state index contributed by atoms with van der Waals surface area (Å²) >= 11 is 14.1. The minimum Gasteiger partial charge on any atom is -0.325 e. The predicted octanol–water partition coefficient (Wildman–Crippen LogP) is 8.14. The molecule has 0 radical (unpaired) electrons. The van der Waals surface area contributed by atoms with Gasteiger partial charge in [0.25, 0.3) is 11.8 Å². The zero-order valence-electron chi connectivity index (χ0n) is 23.2. The van der Waals surface area contributed by atoms with Crippen molar-refractivity contribution < 1.29 is 14.4 Å². The Kier molecular flexibility index (Phi) is 10.5. The van der Waals surface area contributed by atoms with Crippen molar-refractivity contribution in [2.75, 3.05) is 10.6 Å². The highest BCUT2D eigenvalue weighted by atomic mass is 35.5. The minimum absolute atomic E-state index is 0.0333. The molecule has 0 aromatic heterocycles. The standard InChI is InChI=1S/C33H29Cl2N3O3S/c1-20-16-21(2)18-25(17-20)37-31(39)22(3)42-26-14-12-24(13-15-26)36-33(41)30(19-27-28(34)10-7-11-29(27)35)38-32(40)23-8-5-4-6-9-23/h4-19,22H,1-3H3,(H,36,41)(H,37,39)(H,38,40)/b30-19-. The van der Waals surface area contributed by atoms with Crippen LogP contribution in [0.3, 0.4) is 0 Å². The van der Waals surface area contributed by atoms with Crippen molar-refractivity contribution in [1.29, 1.82) is 0 Å². The molecule has 4 rings (SSSR count). The maximum Gasteiger partial charge on any atom is 0.272 e. The van der Waals surface area contributed by atoms with Crippen molar-refractivity contribution in [3.8, 4) is 0 Å². The largest absolute Gasteiger partial charge is 0.325 e. The second-order valence-electron chi connectivity index (χ2n) is 9.62. The van der Waals surface area contributed by atoms with Crippen LogP contribution in [0, 0.1) is 13.8 Å². The Morgan fingerprint density at radius 1 is 0.762 bits per heavy atom. The highest BCUT2D eigenvalue weighted by Gasteiger charge is 2.18. The number of rotatable bonds is 9. The van der Waals surface area contributed by atoms with Gasteiger partial charge in [-0.1, -0.05) is 53.5 Å². The topological polar surface area (TPSA) is 87.3 Å². The summed E-state index contributed by atoms with van der Waals surface area (Å²) in [5.41, 5.74) is 4.18. The second-order valence-corrected chi connectivity index (χ2v) is 11.8. The zero-order valence-corrected chi connectivity index (χ0v) is 25.5. The predicted molar refractivity (Wildman–Crippen MR) is 173 cm³/mol. The van der Waals surface area contributed by atoms with Gasteiger partial charge in [0, 0.05) is 37.4 Å². The Morgan fingerprint density at radius 3 is 2.00 bits per heavy atom. The van der Waals surface area contributed by atoms with E-state index < -0.39 is 11.8 Å². The lowest BCUT2D eigenvalue weighted by Crippen LogP contribution is -2.30. The Morgan fingerprint density at radius 2 is 1.38 bits per heavy atom. The molecule has 0 saturated heterocycles. The molecule has 42 heavy (non-hydrogen) atoms. The average Bonchev–Trinajstić information content (AvgIpc) is 2.95. The first kappa shape index (κ1) is 30.9. The van der Waals surface area contributed by atoms with Gasteiger partial charge >= 0.3 is 0 Å². The molecule has 0 aliphatic heterocycles. The van der Waals surface area contributed by atoms with Gasteiger partial charge in [0.2, 0.25) is 5.91 Å². The van der Waals surface area contributed by atoms with E-state index in [-0.39, 0.29) is 16.9 Å². The van der Waals surface area contributed by atoms with Gasteiger partial charge in [-0.3, -0.25) is 14.4 Å². The van der Waals surface area contributed by atoms with Crippen LogP contribution in [0.2, 0.25) is 10.0 Å². The fraction of sp³-hybridized carbons (Fsp3) is 0.121. The van der Waals surface area contributed by atoms with Crippen LogP contribution in [0.5, 0.6) is 0 Å². The number of anilines is 2. The third-order valence-electron chi connectivity index (χ3n) is 6.10. The molecule has 3 N–H and O–H groups in total. The Balaban J connectivity index is 1.46. The molecule has 0 aliphatic rings. The van der Waals surface area contributed by atoms with Crippen molar-refractivity contribution in [3.05, 3.63) is 129 Å². The summed E-state index contributed by atoms with van der Waals surface area (Å²) in [6, 6.07) is 26.6. The van der Waals surface area contributed by atoms with E-state index in [0.717, 1.165) is 21.7 Å². The van der Waals surface area contributed by atoms with Crippen LogP contribution in [-0.2, 0) is 9.59 Å². The van der Waals surface area contributed by atoms with Crippen LogP contribution in [0.4, 0.5) is 11.4 Å². The maximum absolute atomic E-state index is 13.3. The van der Waals surface area contributed by atoms with Crippen molar-refractivity contribution in [1.82, 2.24) is 5.32 Å². The van der Waals surface area contributed by atoms with Gasteiger partial charge in [-0.15, -0.1) is 11.8 Å². The molecule has 0 heterocycles. The summed E-state index contributed by atoms with van der Waals surface area (Å²) in [6.45, 7) is 5.82. The molecule has 0 aliphatic carbocycles. The number of amides is 3. The van der Waals surface area contributed by atoms with E-state index in [1.165, 1.54) is 17.8 Å². The van der Waals surface area contributed by atoms with E-state index in [4.69, 9.17) is 23.2 Å². The molecule has 0 fully saturated rings. The smallest absolute Gasteiger partial charge is 0.272 e. The van der Waals surface area contributed by atoms with Gasteiger partial charge in [0.1, 0.15) is 5.70 Å². The molecule has 9 heteroatoms. The molecule has 1 atom stereocenters. The molecule has 1 unspecified atom stereocenters. The van der Waals surface area contributed by atoms with E-state index in [2.05, 4.69) is 22.0 Å². The molecular weight excluding hydrogens is 589 g/mol. The van der Waals surface area contributed by atoms with Crippen molar-refractivity contribution in [3.63, 3.8) is 0 Å². The molecule has 4 aromatic carbocycles. The molecule has 0 saturated carbocycles. The molecular formula is C33H29Cl2N3O3S. The van der Waals surface area contributed by atoms with Gasteiger partial charge in [-0.25, -0.2) is 0 Å². The zero-order chi connectivity index (χ0) is 30.2. The van der Waals surface area contributed by atoms with E-state index in [1.54, 1.807) is 60.7 Å². The van der Waals surface area contributed by atoms with E-state index in [1.807, 2.05) is 45.0 Å². The summed E-state index contributed by atoms with van der Waals surface area (Å²) in [7, 11) is 0. The third-order valence-corrected chi connectivity index (χ3v) is 7.87. The summed E-state index contributed by atoms with van der Waals surface area (Å²) in [5, 5.41) is 8.77. The summed E-state index contributed by atoms with van der Waals surface area (Å²) in [4.78, 5) is 39.9. The Hall–Kier alpha value is -4.04. The van der Waals surface area contributed by atoms with Gasteiger partial charge in [-0.2, -0.15) is 0 Å². The third kappa shape index (κ3) is 8.49. The van der Waals surface area contributed by atoms with Crippen molar-refractivity contribution >= 4 is 70.1 Å². The number of benzene rings is 4. The molecule has 4 aromatic rings. The highest BCUT2D eigenvalue weighted by molar-refractivity contribution is 8.00. The molecule has 214 valence electrons. The van der Waals surface area contributed by atoms with Crippen LogP contribution in [0.15, 0.2) is 102 Å². The number of aryl methyl sites for hydroxylation is 2. The molecule has 0 bridgehead atoms. The number of thioether (sulfide) groups is 1. The summed E-state index contributed by atoms with van der Waals surface area (Å²) in [5.74, 6) is -1.12. The van der Waals surface area contributed by atoms with Gasteiger partial charge in [-0.05, 0) is 98.6 Å². The van der Waals surface area contributed by atoms with Gasteiger partial charge in [0.15, 0.2) is 0 Å². The Bertz CT molecular complexity index is 1600. The minimum atomic E-state index is -0.558. The number of carbonyl (C=O) groups excluding carboxylic acids is 3. The van der Waals surface area contributed by atoms with Crippen molar-refractivity contribution in [2.45, 2.75) is 30.9 Å². The van der Waals surface area contributed by atoms with E-state index in [9.17, 15) is 14.4 Å². The first-order chi connectivity index (χ1) is 20.1. The number of hydrogen-bond acceptors (Lipinski definition) is 4. The van der Waals surface area contributed by atoms with Crippen LogP contribution in [0.1, 0.15) is 34.0 Å². The van der Waals surface area contributed by atoms with Gasteiger partial charge in [0.05, 0.1) is 5.25 Å². The molecule has 0 spiro atoms. The second kappa shape index (κ2) is 14.2. The maximum atomic E-state index is 13.3. The highest BCUT2D eigenvalue weighted by Crippen LogP contribution is 2.28. The molecule has 6 nitrogen and oxygen atoms in total. The van der Waals surface area contributed by atoms with E-state index >= 15 is 0 Å². The average molecular weight is 619 g/mol. The number of carbonyl (C=O) groups is 3. The monoisotopic (exact) mass is 617 g/mol. The lowest BCUT2D eigenvalue weighted by Gasteiger charge is -2.14. The van der Waals surface area contributed by atoms with Crippen LogP contribution >= 0.6 is 35.0 Å². The fourth-order valence-electron chi connectivity index (χ4n) is 4.10. The van der Waals surface area contributed by atoms with Crippen LogP contribution < -0.4 is 16.0 Å². The first-order valence-electron chi connectivity index (χ1n) is 13.1. The van der Waals surface area contributed by atoms with E-state index in [0.29, 0.717) is 26.9 Å². The number of nitrogens with one attached hydrogen (secondary N) is 3. The fourth-order valence-corrected chi connectivity index (χ4v) is 5.47. The number of halogens is 2. The summed E-state index contributed by atoms with van der Waals surface area (Å²) in [6.07, 6.45) is 1.45. The quantitative estimate of drug-likeness (QED) is 0.131. The normalized spacial score (nSPS) is 11.9. The SMILES string of the molecule is Cc1cc(C)cc(NC(=O)C(C)Sc2ccc(NC(=O)/C(=C/c3c(Cl)cccc3Cl)NC(=O)c3ccccc3)cc2)c1. The summed E-state index contributed by atoms with van der Waals surface area (Å²) < 4.78 is 0. The Labute approximate surface area is 259 Å². The molecule has 3 amide bonds. The lowest BCUT2D eigenvalue weighted by atomic mass is 10.1. The lowest BCUT2D eigenvalue weighted by molar-refractivity contribution is -0.115. The number of hydrogen-bond donors (Lipinski definition) is 3. The van der Waals surface area contributed by atoms with Crippen molar-refractivity contribution in [2.24, 2.45) is 0 Å². The van der Waals surface area contributed by atoms with Gasteiger partial charge < -0.3 is 16.0 Å².